The van der Waals surface area contributed by atoms with Crippen molar-refractivity contribution in [2.45, 2.75) is 31.7 Å². The minimum Gasteiger partial charge on any atom is -0.496 e. The SMILES string of the molecule is COc1ccccc1CC(CCCc1cccs1)NN. The summed E-state index contributed by atoms with van der Waals surface area (Å²) in [5.74, 6) is 6.62. The van der Waals surface area contributed by atoms with Gasteiger partial charge in [0, 0.05) is 10.9 Å². The molecule has 0 fully saturated rings. The minimum atomic E-state index is 0.284. The summed E-state index contributed by atoms with van der Waals surface area (Å²) in [6.45, 7) is 0. The lowest BCUT2D eigenvalue weighted by Gasteiger charge is -2.17. The highest BCUT2D eigenvalue weighted by atomic mass is 32.1. The average molecular weight is 290 g/mol. The molecule has 1 heterocycles. The van der Waals surface area contributed by atoms with Crippen molar-refractivity contribution in [1.29, 1.82) is 0 Å². The lowest BCUT2D eigenvalue weighted by atomic mass is 10.0. The van der Waals surface area contributed by atoms with Crippen molar-refractivity contribution in [3.8, 4) is 5.75 Å². The van der Waals surface area contributed by atoms with Crippen LogP contribution >= 0.6 is 11.3 Å². The van der Waals surface area contributed by atoms with Crippen molar-refractivity contribution >= 4 is 11.3 Å². The zero-order valence-electron chi connectivity index (χ0n) is 11.8. The van der Waals surface area contributed by atoms with Crippen molar-refractivity contribution < 1.29 is 4.74 Å². The summed E-state index contributed by atoms with van der Waals surface area (Å²) in [6.07, 6.45) is 4.23. The fourth-order valence-corrected chi connectivity index (χ4v) is 3.11. The molecular formula is C16H22N2OS. The Morgan fingerprint density at radius 2 is 2.10 bits per heavy atom. The Kier molecular flexibility index (Phi) is 6.05. The van der Waals surface area contributed by atoms with Gasteiger partial charge in [0.2, 0.25) is 0 Å². The molecule has 1 aromatic carbocycles. The molecule has 0 aliphatic rings. The normalized spacial score (nSPS) is 12.3. The van der Waals surface area contributed by atoms with E-state index in [0.29, 0.717) is 0 Å². The van der Waals surface area contributed by atoms with E-state index < -0.39 is 0 Å². The second-order valence-corrected chi connectivity index (χ2v) is 5.88. The van der Waals surface area contributed by atoms with E-state index in [0.717, 1.165) is 31.4 Å². The van der Waals surface area contributed by atoms with Gasteiger partial charge in [0.15, 0.2) is 0 Å². The third-order valence-corrected chi connectivity index (χ3v) is 4.39. The molecule has 0 saturated carbocycles. The topological polar surface area (TPSA) is 47.3 Å². The number of nitrogens with two attached hydrogens (primary N) is 1. The highest BCUT2D eigenvalue weighted by molar-refractivity contribution is 7.09. The number of rotatable bonds is 8. The molecule has 0 saturated heterocycles. The molecule has 0 amide bonds. The molecule has 0 radical (unpaired) electrons. The third kappa shape index (κ3) is 4.34. The number of nitrogens with one attached hydrogen (secondary N) is 1. The summed E-state index contributed by atoms with van der Waals surface area (Å²) < 4.78 is 5.39. The minimum absolute atomic E-state index is 0.284. The van der Waals surface area contributed by atoms with Crippen LogP contribution in [0.15, 0.2) is 41.8 Å². The van der Waals surface area contributed by atoms with E-state index in [4.69, 9.17) is 10.6 Å². The summed E-state index contributed by atoms with van der Waals surface area (Å²) in [5, 5.41) is 2.13. The van der Waals surface area contributed by atoms with Gasteiger partial charge in [-0.05, 0) is 48.8 Å². The molecule has 3 nitrogen and oxygen atoms in total. The summed E-state index contributed by atoms with van der Waals surface area (Å²) in [4.78, 5) is 1.44. The molecule has 4 heteroatoms. The number of hydrazine groups is 1. The third-order valence-electron chi connectivity index (χ3n) is 3.45. The Labute approximate surface area is 124 Å². The van der Waals surface area contributed by atoms with Crippen LogP contribution in [0.3, 0.4) is 0 Å². The van der Waals surface area contributed by atoms with Crippen LogP contribution in [0.5, 0.6) is 5.75 Å². The molecular weight excluding hydrogens is 268 g/mol. The number of methoxy groups -OCH3 is 1. The Morgan fingerprint density at radius 1 is 1.25 bits per heavy atom. The number of ether oxygens (including phenoxy) is 1. The second kappa shape index (κ2) is 8.04. The van der Waals surface area contributed by atoms with Crippen molar-refractivity contribution in [3.63, 3.8) is 0 Å². The Hall–Kier alpha value is -1.36. The van der Waals surface area contributed by atoms with Crippen LogP contribution in [0.1, 0.15) is 23.3 Å². The lowest BCUT2D eigenvalue weighted by Crippen LogP contribution is -2.36. The van der Waals surface area contributed by atoms with Gasteiger partial charge in [-0.1, -0.05) is 24.3 Å². The largest absolute Gasteiger partial charge is 0.496 e. The molecule has 20 heavy (non-hydrogen) atoms. The number of hydrogen-bond donors (Lipinski definition) is 2. The van der Waals surface area contributed by atoms with E-state index in [9.17, 15) is 0 Å². The predicted octanol–water partition coefficient (Wildman–Crippen LogP) is 3.15. The molecule has 0 aliphatic heterocycles. The quantitative estimate of drug-likeness (QED) is 0.580. The molecule has 1 aromatic heterocycles. The highest BCUT2D eigenvalue weighted by Gasteiger charge is 2.11. The maximum absolute atomic E-state index is 5.68. The van der Waals surface area contributed by atoms with Gasteiger partial charge >= 0.3 is 0 Å². The van der Waals surface area contributed by atoms with E-state index in [1.54, 1.807) is 7.11 Å². The maximum atomic E-state index is 5.68. The van der Waals surface area contributed by atoms with E-state index in [-0.39, 0.29) is 6.04 Å². The number of hydrogen-bond acceptors (Lipinski definition) is 4. The van der Waals surface area contributed by atoms with Gasteiger partial charge in [0.25, 0.3) is 0 Å². The van der Waals surface area contributed by atoms with Gasteiger partial charge in [-0.2, -0.15) is 0 Å². The van der Waals surface area contributed by atoms with Crippen LogP contribution < -0.4 is 16.0 Å². The zero-order valence-corrected chi connectivity index (χ0v) is 12.7. The maximum Gasteiger partial charge on any atom is 0.122 e. The van der Waals surface area contributed by atoms with Gasteiger partial charge in [0.05, 0.1) is 7.11 Å². The predicted molar refractivity (Wildman–Crippen MR) is 85.1 cm³/mol. The van der Waals surface area contributed by atoms with Crippen molar-refractivity contribution in [1.82, 2.24) is 5.43 Å². The summed E-state index contributed by atoms with van der Waals surface area (Å²) in [7, 11) is 1.71. The molecule has 0 aliphatic carbocycles. The standard InChI is InChI=1S/C16H22N2OS/c1-19-16-10-3-2-6-13(16)12-14(18-17)7-4-8-15-9-5-11-20-15/h2-3,5-6,9-11,14,18H,4,7-8,12,17H2,1H3. The molecule has 1 atom stereocenters. The molecule has 0 bridgehead atoms. The highest BCUT2D eigenvalue weighted by Crippen LogP contribution is 2.20. The first-order valence-corrected chi connectivity index (χ1v) is 7.82. The Bertz CT molecular complexity index is 499. The van der Waals surface area contributed by atoms with Crippen molar-refractivity contribution in [2.75, 3.05) is 7.11 Å². The fourth-order valence-electron chi connectivity index (χ4n) is 2.36. The van der Waals surface area contributed by atoms with E-state index in [2.05, 4.69) is 29.0 Å². The molecule has 0 spiro atoms. The van der Waals surface area contributed by atoms with Crippen molar-refractivity contribution in [3.05, 3.63) is 52.2 Å². The van der Waals surface area contributed by atoms with Crippen LogP contribution in [-0.2, 0) is 12.8 Å². The van der Waals surface area contributed by atoms with Crippen molar-refractivity contribution in [2.24, 2.45) is 5.84 Å². The van der Waals surface area contributed by atoms with Gasteiger partial charge in [-0.3, -0.25) is 11.3 Å². The summed E-state index contributed by atoms with van der Waals surface area (Å²) in [5.41, 5.74) is 4.13. The molecule has 2 rings (SSSR count). The first-order chi connectivity index (χ1) is 9.83. The smallest absolute Gasteiger partial charge is 0.122 e. The van der Waals surface area contributed by atoms with Gasteiger partial charge < -0.3 is 4.74 Å². The molecule has 2 aromatic rings. The summed E-state index contributed by atoms with van der Waals surface area (Å²) in [6, 6.07) is 12.7. The molecule has 3 N–H and O–H groups in total. The van der Waals surface area contributed by atoms with Crippen LogP contribution in [0.4, 0.5) is 0 Å². The average Bonchev–Trinajstić information content (AvgIpc) is 3.00. The number of aryl methyl sites for hydroxylation is 1. The Balaban J connectivity index is 1.85. The zero-order chi connectivity index (χ0) is 14.2. The monoisotopic (exact) mass is 290 g/mol. The Morgan fingerprint density at radius 3 is 2.80 bits per heavy atom. The van der Waals surface area contributed by atoms with Gasteiger partial charge in [-0.25, -0.2) is 0 Å². The second-order valence-electron chi connectivity index (χ2n) is 4.85. The first-order valence-electron chi connectivity index (χ1n) is 6.94. The van der Waals surface area contributed by atoms with Crippen LogP contribution in [0.2, 0.25) is 0 Å². The fraction of sp³-hybridized carbons (Fsp3) is 0.375. The van der Waals surface area contributed by atoms with E-state index >= 15 is 0 Å². The van der Waals surface area contributed by atoms with E-state index in [1.165, 1.54) is 10.4 Å². The lowest BCUT2D eigenvalue weighted by molar-refractivity contribution is 0.402. The number of para-hydroxylation sites is 1. The molecule has 108 valence electrons. The van der Waals surface area contributed by atoms with Crippen LogP contribution in [0, 0.1) is 0 Å². The van der Waals surface area contributed by atoms with Crippen LogP contribution in [-0.4, -0.2) is 13.2 Å². The van der Waals surface area contributed by atoms with Crippen LogP contribution in [0.25, 0.3) is 0 Å². The summed E-state index contributed by atoms with van der Waals surface area (Å²) >= 11 is 1.82. The van der Waals surface area contributed by atoms with Gasteiger partial charge in [-0.15, -0.1) is 11.3 Å². The first kappa shape index (κ1) is 15.0. The van der Waals surface area contributed by atoms with Gasteiger partial charge in [0.1, 0.15) is 5.75 Å². The van der Waals surface area contributed by atoms with E-state index in [1.807, 2.05) is 29.5 Å². The number of benzene rings is 1. The molecule has 1 unspecified atom stereocenters. The number of thiophene rings is 1.